The van der Waals surface area contributed by atoms with Gasteiger partial charge in [-0.15, -0.1) is 11.3 Å². The number of benzene rings is 1. The molecule has 0 radical (unpaired) electrons. The molecule has 4 aromatic rings. The zero-order valence-electron chi connectivity index (χ0n) is 14.4. The van der Waals surface area contributed by atoms with Crippen molar-refractivity contribution in [3.05, 3.63) is 59.0 Å². The Morgan fingerprint density at radius 2 is 2.22 bits per heavy atom. The van der Waals surface area contributed by atoms with Gasteiger partial charge < -0.3 is 5.32 Å². The summed E-state index contributed by atoms with van der Waals surface area (Å²) in [4.78, 5) is 9.77. The average molecular weight is 372 g/mol. The van der Waals surface area contributed by atoms with E-state index in [1.807, 2.05) is 23.8 Å². The van der Waals surface area contributed by atoms with Crippen LogP contribution in [0.2, 0.25) is 0 Å². The standard InChI is InChI=1S/C20H16N6S/c21-8-12-6-13-2-1-3-17(19(13)23-9-12)24-14-4-5-16-15(7-14)20(26-25-16)18-10-22-11-27-18/h4-7,9-11,17,24H,1-3H2,(H,25,26)/t17-/m1/s1. The molecule has 2 N–H and O–H groups in total. The minimum atomic E-state index is 0.151. The number of thiazole rings is 1. The van der Waals surface area contributed by atoms with Gasteiger partial charge in [-0.3, -0.25) is 15.1 Å². The van der Waals surface area contributed by atoms with Gasteiger partial charge in [0.05, 0.1) is 33.2 Å². The number of nitrogens with one attached hydrogen (secondary N) is 2. The minimum absolute atomic E-state index is 0.151. The third-order valence-electron chi connectivity index (χ3n) is 4.97. The van der Waals surface area contributed by atoms with Crippen LogP contribution in [-0.2, 0) is 6.42 Å². The first-order valence-corrected chi connectivity index (χ1v) is 9.72. The SMILES string of the molecule is N#Cc1cnc2c(c1)CCC[C@H]2Nc1ccc2[nH]nc(-c3cncs3)c2c1. The molecule has 5 rings (SSSR count). The summed E-state index contributed by atoms with van der Waals surface area (Å²) in [5, 5.41) is 21.4. The van der Waals surface area contributed by atoms with Crippen molar-refractivity contribution < 1.29 is 0 Å². The van der Waals surface area contributed by atoms with Gasteiger partial charge in [0.2, 0.25) is 0 Å². The number of aromatic amines is 1. The van der Waals surface area contributed by atoms with Gasteiger partial charge in [-0.05, 0) is 49.1 Å². The molecule has 0 unspecified atom stereocenters. The molecule has 1 aliphatic carbocycles. The minimum Gasteiger partial charge on any atom is -0.377 e. The lowest BCUT2D eigenvalue weighted by molar-refractivity contribution is 0.583. The van der Waals surface area contributed by atoms with E-state index in [1.165, 1.54) is 5.56 Å². The highest BCUT2D eigenvalue weighted by molar-refractivity contribution is 7.13. The lowest BCUT2D eigenvalue weighted by Gasteiger charge is -2.26. The summed E-state index contributed by atoms with van der Waals surface area (Å²) in [5.74, 6) is 0. The molecule has 0 saturated heterocycles. The Labute approximate surface area is 159 Å². The Kier molecular flexibility index (Phi) is 3.84. The molecule has 0 saturated carbocycles. The maximum Gasteiger partial charge on any atom is 0.112 e. The predicted octanol–water partition coefficient (Wildman–Crippen LogP) is 4.44. The van der Waals surface area contributed by atoms with Crippen molar-refractivity contribution in [3.63, 3.8) is 0 Å². The number of aryl methyl sites for hydroxylation is 1. The molecule has 1 aliphatic rings. The van der Waals surface area contributed by atoms with E-state index in [1.54, 1.807) is 17.5 Å². The van der Waals surface area contributed by atoms with Crippen molar-refractivity contribution in [2.45, 2.75) is 25.3 Å². The maximum absolute atomic E-state index is 9.11. The Hall–Kier alpha value is -3.24. The molecule has 6 nitrogen and oxygen atoms in total. The maximum atomic E-state index is 9.11. The number of aromatic nitrogens is 4. The van der Waals surface area contributed by atoms with Gasteiger partial charge in [0.1, 0.15) is 11.8 Å². The van der Waals surface area contributed by atoms with Gasteiger partial charge in [0.25, 0.3) is 0 Å². The van der Waals surface area contributed by atoms with Gasteiger partial charge >= 0.3 is 0 Å². The van der Waals surface area contributed by atoms with Crippen LogP contribution in [0.5, 0.6) is 0 Å². The fraction of sp³-hybridized carbons (Fsp3) is 0.200. The number of rotatable bonds is 3. The number of pyridine rings is 1. The fourth-order valence-electron chi connectivity index (χ4n) is 3.70. The summed E-state index contributed by atoms with van der Waals surface area (Å²) in [5.41, 5.74) is 7.64. The number of H-pyrrole nitrogens is 1. The Balaban J connectivity index is 1.49. The molecule has 132 valence electrons. The highest BCUT2D eigenvalue weighted by Crippen LogP contribution is 2.34. The third kappa shape index (κ3) is 2.84. The van der Waals surface area contributed by atoms with E-state index in [4.69, 9.17) is 5.26 Å². The number of anilines is 1. The molecule has 1 atom stereocenters. The highest BCUT2D eigenvalue weighted by atomic mass is 32.1. The summed E-state index contributed by atoms with van der Waals surface area (Å²) < 4.78 is 0. The zero-order chi connectivity index (χ0) is 18.2. The number of nitriles is 1. The first kappa shape index (κ1) is 16.0. The van der Waals surface area contributed by atoms with Gasteiger partial charge in [-0.2, -0.15) is 10.4 Å². The smallest absolute Gasteiger partial charge is 0.112 e. The quantitative estimate of drug-likeness (QED) is 0.555. The van der Waals surface area contributed by atoms with Crippen LogP contribution in [0.4, 0.5) is 5.69 Å². The van der Waals surface area contributed by atoms with E-state index in [0.717, 1.165) is 52.1 Å². The molecule has 0 aliphatic heterocycles. The molecular formula is C20H16N6S. The van der Waals surface area contributed by atoms with Crippen LogP contribution in [0.1, 0.15) is 35.7 Å². The summed E-state index contributed by atoms with van der Waals surface area (Å²) in [7, 11) is 0. The number of nitrogens with zero attached hydrogens (tertiary/aromatic N) is 4. The van der Waals surface area contributed by atoms with Gasteiger partial charge in [0, 0.05) is 23.5 Å². The van der Waals surface area contributed by atoms with Gasteiger partial charge in [-0.25, -0.2) is 0 Å². The molecule has 1 aromatic carbocycles. The molecule has 0 fully saturated rings. The van der Waals surface area contributed by atoms with Crippen LogP contribution in [-0.4, -0.2) is 20.2 Å². The van der Waals surface area contributed by atoms with Gasteiger partial charge in [-0.1, -0.05) is 0 Å². The molecule has 0 bridgehead atoms. The van der Waals surface area contributed by atoms with E-state index in [-0.39, 0.29) is 6.04 Å². The van der Waals surface area contributed by atoms with Crippen LogP contribution < -0.4 is 5.32 Å². The molecule has 27 heavy (non-hydrogen) atoms. The second-order valence-corrected chi connectivity index (χ2v) is 7.55. The molecular weight excluding hydrogens is 356 g/mol. The summed E-state index contributed by atoms with van der Waals surface area (Å²) in [6.07, 6.45) is 6.60. The lowest BCUT2D eigenvalue weighted by Crippen LogP contribution is -2.19. The summed E-state index contributed by atoms with van der Waals surface area (Å²) >= 11 is 1.58. The van der Waals surface area contributed by atoms with Crippen molar-refractivity contribution in [2.75, 3.05) is 5.32 Å². The third-order valence-corrected chi connectivity index (χ3v) is 5.75. The molecule has 7 heteroatoms. The van der Waals surface area contributed by atoms with E-state index in [9.17, 15) is 0 Å². The highest BCUT2D eigenvalue weighted by Gasteiger charge is 2.22. The topological polar surface area (TPSA) is 90.3 Å². The second-order valence-electron chi connectivity index (χ2n) is 6.67. The van der Waals surface area contributed by atoms with Crippen molar-refractivity contribution >= 4 is 27.9 Å². The van der Waals surface area contributed by atoms with Crippen LogP contribution in [0.3, 0.4) is 0 Å². The Bertz CT molecular complexity index is 1160. The number of hydrogen-bond acceptors (Lipinski definition) is 6. The zero-order valence-corrected chi connectivity index (χ0v) is 15.3. The van der Waals surface area contributed by atoms with Crippen LogP contribution in [0.25, 0.3) is 21.5 Å². The number of fused-ring (bicyclic) bond motifs is 2. The van der Waals surface area contributed by atoms with Crippen LogP contribution in [0.15, 0.2) is 42.2 Å². The van der Waals surface area contributed by atoms with Crippen LogP contribution in [0, 0.1) is 11.3 Å². The largest absolute Gasteiger partial charge is 0.377 e. The molecule has 3 heterocycles. The Morgan fingerprint density at radius 3 is 3.07 bits per heavy atom. The number of hydrogen-bond donors (Lipinski definition) is 2. The van der Waals surface area contributed by atoms with Crippen molar-refractivity contribution in [1.82, 2.24) is 20.2 Å². The molecule has 3 aromatic heterocycles. The second kappa shape index (κ2) is 6.49. The lowest BCUT2D eigenvalue weighted by atomic mass is 9.91. The first-order valence-electron chi connectivity index (χ1n) is 8.84. The van der Waals surface area contributed by atoms with Crippen molar-refractivity contribution in [1.29, 1.82) is 5.26 Å². The Morgan fingerprint density at radius 1 is 1.26 bits per heavy atom. The normalized spacial score (nSPS) is 16.0. The van der Waals surface area contributed by atoms with E-state index < -0.39 is 0 Å². The van der Waals surface area contributed by atoms with Crippen LogP contribution >= 0.6 is 11.3 Å². The van der Waals surface area contributed by atoms with E-state index in [0.29, 0.717) is 5.56 Å². The van der Waals surface area contributed by atoms with Crippen molar-refractivity contribution in [3.8, 4) is 16.6 Å². The van der Waals surface area contributed by atoms with Crippen molar-refractivity contribution in [2.24, 2.45) is 0 Å². The molecule has 0 spiro atoms. The fourth-order valence-corrected chi connectivity index (χ4v) is 4.32. The average Bonchev–Trinajstić information content (AvgIpc) is 3.37. The van der Waals surface area contributed by atoms with E-state index in [2.05, 4.69) is 43.7 Å². The van der Waals surface area contributed by atoms with Gasteiger partial charge in [0.15, 0.2) is 0 Å². The van der Waals surface area contributed by atoms with E-state index >= 15 is 0 Å². The summed E-state index contributed by atoms with van der Waals surface area (Å²) in [6.45, 7) is 0. The monoisotopic (exact) mass is 372 g/mol. The molecule has 0 amide bonds. The first-order chi connectivity index (χ1) is 13.3. The predicted molar refractivity (Wildman–Crippen MR) is 105 cm³/mol. The summed E-state index contributed by atoms with van der Waals surface area (Å²) in [6, 6.07) is 10.5.